The second kappa shape index (κ2) is 10.3. The Hall–Kier alpha value is -2.13. The molecule has 152 valence electrons. The molecular formula is C18H29N3O5S. The van der Waals surface area contributed by atoms with Gasteiger partial charge in [-0.3, -0.25) is 4.79 Å². The van der Waals surface area contributed by atoms with Gasteiger partial charge >= 0.3 is 6.09 Å². The number of anilines is 1. The fraction of sp³-hybridized carbons (Fsp3) is 0.556. The highest BCUT2D eigenvalue weighted by molar-refractivity contribution is 7.89. The van der Waals surface area contributed by atoms with E-state index in [0.717, 1.165) is 12.8 Å². The van der Waals surface area contributed by atoms with Crippen molar-refractivity contribution in [3.05, 3.63) is 24.3 Å². The molecule has 0 spiro atoms. The number of nitrogens with one attached hydrogen (secondary N) is 3. The van der Waals surface area contributed by atoms with Crippen molar-refractivity contribution < 1.29 is 22.7 Å². The summed E-state index contributed by atoms with van der Waals surface area (Å²) in [6, 6.07) is 6.02. The number of alkyl carbamates (subject to hydrolysis) is 1. The van der Waals surface area contributed by atoms with Crippen LogP contribution in [0.2, 0.25) is 0 Å². The van der Waals surface area contributed by atoms with Gasteiger partial charge in [0, 0.05) is 25.2 Å². The van der Waals surface area contributed by atoms with Crippen molar-refractivity contribution in [2.75, 3.05) is 18.4 Å². The van der Waals surface area contributed by atoms with Gasteiger partial charge < -0.3 is 15.4 Å². The molecule has 8 nitrogen and oxygen atoms in total. The Morgan fingerprint density at radius 3 is 2.48 bits per heavy atom. The summed E-state index contributed by atoms with van der Waals surface area (Å²) in [6.45, 7) is 7.30. The number of carbonyl (C=O) groups excluding carboxylic acids is 2. The van der Waals surface area contributed by atoms with E-state index < -0.39 is 21.7 Å². The molecule has 9 heteroatoms. The quantitative estimate of drug-likeness (QED) is 0.552. The molecule has 1 aromatic carbocycles. The topological polar surface area (TPSA) is 114 Å². The molecule has 0 aromatic heterocycles. The van der Waals surface area contributed by atoms with Crippen LogP contribution in [0.4, 0.5) is 10.5 Å². The van der Waals surface area contributed by atoms with Gasteiger partial charge in [-0.1, -0.05) is 19.4 Å². The van der Waals surface area contributed by atoms with E-state index in [1.54, 1.807) is 32.9 Å². The number of hydrogen-bond donors (Lipinski definition) is 3. The van der Waals surface area contributed by atoms with E-state index in [0.29, 0.717) is 12.1 Å². The van der Waals surface area contributed by atoms with E-state index in [2.05, 4.69) is 15.4 Å². The zero-order valence-corrected chi connectivity index (χ0v) is 17.1. The van der Waals surface area contributed by atoms with Crippen molar-refractivity contribution >= 4 is 27.7 Å². The van der Waals surface area contributed by atoms with Crippen LogP contribution in [0, 0.1) is 0 Å². The fourth-order valence-corrected chi connectivity index (χ4v) is 3.13. The molecule has 1 rings (SSSR count). The predicted octanol–water partition coefficient (Wildman–Crippen LogP) is 2.62. The summed E-state index contributed by atoms with van der Waals surface area (Å²) in [5, 5.41) is 5.16. The lowest BCUT2D eigenvalue weighted by molar-refractivity contribution is -0.116. The summed E-state index contributed by atoms with van der Waals surface area (Å²) in [5.74, 6) is -0.152. The van der Waals surface area contributed by atoms with Crippen LogP contribution in [-0.4, -0.2) is 39.1 Å². The van der Waals surface area contributed by atoms with Gasteiger partial charge in [-0.05, 0) is 45.4 Å². The van der Waals surface area contributed by atoms with Gasteiger partial charge in [-0.2, -0.15) is 0 Å². The molecule has 0 fully saturated rings. The van der Waals surface area contributed by atoms with Crippen molar-refractivity contribution in [2.24, 2.45) is 0 Å². The summed E-state index contributed by atoms with van der Waals surface area (Å²) in [5.41, 5.74) is -0.197. The van der Waals surface area contributed by atoms with E-state index in [1.807, 2.05) is 6.92 Å². The Morgan fingerprint density at radius 2 is 1.85 bits per heavy atom. The van der Waals surface area contributed by atoms with Crippen LogP contribution in [0.3, 0.4) is 0 Å². The SMILES string of the molecule is CCCCC(=O)Nc1cccc(S(=O)(=O)NCCNC(=O)OC(C)(C)C)c1. The van der Waals surface area contributed by atoms with Gasteiger partial charge in [0.2, 0.25) is 15.9 Å². The molecule has 27 heavy (non-hydrogen) atoms. The first-order chi connectivity index (χ1) is 12.5. The molecule has 0 atom stereocenters. The van der Waals surface area contributed by atoms with Crippen molar-refractivity contribution in [3.63, 3.8) is 0 Å². The van der Waals surface area contributed by atoms with Crippen LogP contribution in [0.15, 0.2) is 29.2 Å². The molecule has 0 unspecified atom stereocenters. The van der Waals surface area contributed by atoms with Crippen molar-refractivity contribution in [3.8, 4) is 0 Å². The van der Waals surface area contributed by atoms with Gasteiger partial charge in [-0.15, -0.1) is 0 Å². The van der Waals surface area contributed by atoms with Gasteiger partial charge in [0.25, 0.3) is 0 Å². The summed E-state index contributed by atoms with van der Waals surface area (Å²) >= 11 is 0. The molecule has 0 aliphatic rings. The zero-order chi connectivity index (χ0) is 20.5. The molecule has 0 radical (unpaired) electrons. The number of carbonyl (C=O) groups is 2. The minimum absolute atomic E-state index is 0.00859. The first kappa shape index (κ1) is 22.9. The number of unbranched alkanes of at least 4 members (excludes halogenated alkanes) is 1. The van der Waals surface area contributed by atoms with Gasteiger partial charge in [0.15, 0.2) is 0 Å². The molecule has 0 saturated heterocycles. The van der Waals surface area contributed by atoms with Crippen LogP contribution in [0.5, 0.6) is 0 Å². The minimum Gasteiger partial charge on any atom is -0.444 e. The number of ether oxygens (including phenoxy) is 1. The molecule has 0 aliphatic heterocycles. The van der Waals surface area contributed by atoms with E-state index >= 15 is 0 Å². The highest BCUT2D eigenvalue weighted by atomic mass is 32.2. The highest BCUT2D eigenvalue weighted by Gasteiger charge is 2.17. The van der Waals surface area contributed by atoms with Crippen LogP contribution < -0.4 is 15.4 Å². The predicted molar refractivity (Wildman–Crippen MR) is 104 cm³/mol. The third-order valence-electron chi connectivity index (χ3n) is 3.27. The average molecular weight is 400 g/mol. The molecule has 0 saturated carbocycles. The summed E-state index contributed by atoms with van der Waals surface area (Å²) < 4.78 is 32.2. The van der Waals surface area contributed by atoms with E-state index in [4.69, 9.17) is 4.74 Å². The third-order valence-corrected chi connectivity index (χ3v) is 4.73. The Balaban J connectivity index is 2.56. The second-order valence-corrected chi connectivity index (χ2v) is 8.77. The zero-order valence-electron chi connectivity index (χ0n) is 16.3. The normalized spacial score (nSPS) is 11.7. The van der Waals surface area contributed by atoms with Crippen molar-refractivity contribution in [2.45, 2.75) is 57.5 Å². The van der Waals surface area contributed by atoms with Crippen LogP contribution in [0.1, 0.15) is 47.0 Å². The number of sulfonamides is 1. The molecule has 0 aliphatic carbocycles. The second-order valence-electron chi connectivity index (χ2n) is 7.01. The number of hydrogen-bond acceptors (Lipinski definition) is 5. The van der Waals surface area contributed by atoms with Crippen LogP contribution in [0.25, 0.3) is 0 Å². The molecule has 0 bridgehead atoms. The Bertz CT molecular complexity index is 742. The number of benzene rings is 1. The van der Waals surface area contributed by atoms with E-state index in [1.165, 1.54) is 12.1 Å². The van der Waals surface area contributed by atoms with Crippen LogP contribution >= 0.6 is 0 Å². The number of amides is 2. The maximum Gasteiger partial charge on any atom is 0.407 e. The Labute approximate surface area is 161 Å². The van der Waals surface area contributed by atoms with E-state index in [-0.39, 0.29) is 23.9 Å². The molecule has 0 heterocycles. The first-order valence-electron chi connectivity index (χ1n) is 8.90. The minimum atomic E-state index is -3.76. The average Bonchev–Trinajstić information content (AvgIpc) is 2.55. The Morgan fingerprint density at radius 1 is 1.15 bits per heavy atom. The lowest BCUT2D eigenvalue weighted by Gasteiger charge is -2.19. The largest absolute Gasteiger partial charge is 0.444 e. The molecule has 3 N–H and O–H groups in total. The van der Waals surface area contributed by atoms with Crippen LogP contribution in [-0.2, 0) is 19.6 Å². The molecule has 1 aromatic rings. The van der Waals surface area contributed by atoms with E-state index in [9.17, 15) is 18.0 Å². The third kappa shape index (κ3) is 9.39. The summed E-state index contributed by atoms with van der Waals surface area (Å²) in [6.07, 6.45) is 1.46. The standard InChI is InChI=1S/C18H29N3O5S/c1-5-6-10-16(22)21-14-8-7-9-15(13-14)27(24,25)20-12-11-19-17(23)26-18(2,3)4/h7-9,13,20H,5-6,10-12H2,1-4H3,(H,19,23)(H,21,22). The maximum absolute atomic E-state index is 12.3. The lowest BCUT2D eigenvalue weighted by atomic mass is 10.2. The van der Waals surface area contributed by atoms with Gasteiger partial charge in [-0.25, -0.2) is 17.9 Å². The van der Waals surface area contributed by atoms with Crippen molar-refractivity contribution in [1.29, 1.82) is 0 Å². The molecule has 2 amide bonds. The monoisotopic (exact) mass is 399 g/mol. The van der Waals surface area contributed by atoms with Gasteiger partial charge in [0.05, 0.1) is 4.90 Å². The summed E-state index contributed by atoms with van der Waals surface area (Å²) in [7, 11) is -3.76. The Kier molecular flexibility index (Phi) is 8.71. The fourth-order valence-electron chi connectivity index (χ4n) is 2.05. The van der Waals surface area contributed by atoms with Gasteiger partial charge in [0.1, 0.15) is 5.60 Å². The highest BCUT2D eigenvalue weighted by Crippen LogP contribution is 2.16. The summed E-state index contributed by atoms with van der Waals surface area (Å²) in [4.78, 5) is 23.3. The maximum atomic E-state index is 12.3. The smallest absolute Gasteiger partial charge is 0.407 e. The number of rotatable bonds is 9. The molecular weight excluding hydrogens is 370 g/mol. The van der Waals surface area contributed by atoms with Crippen molar-refractivity contribution in [1.82, 2.24) is 10.0 Å². The lowest BCUT2D eigenvalue weighted by Crippen LogP contribution is -2.37. The first-order valence-corrected chi connectivity index (χ1v) is 10.4.